The number of ether oxygens (including phenoxy) is 1. The van der Waals surface area contributed by atoms with Crippen molar-refractivity contribution in [3.8, 4) is 16.9 Å². The van der Waals surface area contributed by atoms with Gasteiger partial charge >= 0.3 is 5.97 Å². The lowest BCUT2D eigenvalue weighted by atomic mass is 9.57. The molecule has 1 saturated carbocycles. The first-order chi connectivity index (χ1) is 22.7. The van der Waals surface area contributed by atoms with Crippen LogP contribution >= 0.6 is 0 Å². The molecule has 0 aliphatic heterocycles. The maximum Gasteiger partial charge on any atom is 0.337 e. The summed E-state index contributed by atoms with van der Waals surface area (Å²) in [6.07, 6.45) is 1.09. The average Bonchev–Trinajstić information content (AvgIpc) is 3.57. The lowest BCUT2D eigenvalue weighted by Gasteiger charge is -2.50. The number of carbonyl (C=O) groups is 5. The molecule has 3 aliphatic rings. The smallest absolute Gasteiger partial charge is 0.337 e. The lowest BCUT2D eigenvalue weighted by molar-refractivity contribution is -0.153. The van der Waals surface area contributed by atoms with Gasteiger partial charge in [-0.1, -0.05) is 17.3 Å². The number of aliphatic hydroxyl groups excluding tert-OH is 2. The zero-order chi connectivity index (χ0) is 34.8. The molecule has 1 amide bonds. The third-order valence-electron chi connectivity index (χ3n) is 9.41. The summed E-state index contributed by atoms with van der Waals surface area (Å²) < 4.78 is 9.91. The van der Waals surface area contributed by atoms with Gasteiger partial charge in [-0.3, -0.25) is 24.1 Å². The Kier molecular flexibility index (Phi) is 7.80. The van der Waals surface area contributed by atoms with Crippen molar-refractivity contribution in [2.24, 2.45) is 17.6 Å². The van der Waals surface area contributed by atoms with E-state index in [1.165, 1.54) is 56.6 Å². The Hall–Kier alpha value is -5.60. The number of fused-ring (bicyclic) bond motifs is 3. The molecule has 0 saturated heterocycles. The van der Waals surface area contributed by atoms with Crippen LogP contribution in [0.4, 0.5) is 0 Å². The van der Waals surface area contributed by atoms with E-state index < -0.39 is 75.5 Å². The van der Waals surface area contributed by atoms with Crippen LogP contribution in [-0.4, -0.2) is 92.6 Å². The summed E-state index contributed by atoms with van der Waals surface area (Å²) in [5.74, 6) is -8.66. The first-order valence-corrected chi connectivity index (χ1v) is 14.9. The number of nitrogens with zero attached hydrogens (tertiary/aromatic N) is 2. The summed E-state index contributed by atoms with van der Waals surface area (Å²) in [6, 6.07) is 7.70. The maximum atomic E-state index is 14.1. The highest BCUT2D eigenvalue weighted by atomic mass is 16.5. The number of aromatic hydroxyl groups is 1. The van der Waals surface area contributed by atoms with Gasteiger partial charge in [0.1, 0.15) is 22.8 Å². The van der Waals surface area contributed by atoms with Gasteiger partial charge in [0.05, 0.1) is 30.5 Å². The Bertz CT molecular complexity index is 1990. The first kappa shape index (κ1) is 32.3. The van der Waals surface area contributed by atoms with E-state index in [2.05, 4.69) is 5.16 Å². The number of amides is 1. The number of ketones is 3. The molecule has 3 aromatic rings. The number of esters is 1. The molecule has 14 nitrogen and oxygen atoms in total. The normalized spacial score (nSPS) is 23.5. The van der Waals surface area contributed by atoms with Crippen LogP contribution in [0.15, 0.2) is 64.0 Å². The van der Waals surface area contributed by atoms with Gasteiger partial charge in [-0.05, 0) is 73.3 Å². The number of phenolic OH excluding ortho intramolecular Hbond substituents is 1. The SMILES string of the molecule is COC(=O)c1cc(CC(=O)c2ccno2)cc(-c2ccc(O)c3c2C[C@H]2C[C@H]4[C@H](N(C)C)C(=O)C(C(N)=O)=C(O)[C@@]4(O)C(=O)C2=C3O)c1. The van der Waals surface area contributed by atoms with Crippen LogP contribution in [0.5, 0.6) is 5.75 Å². The zero-order valence-electron chi connectivity index (χ0n) is 26.0. The van der Waals surface area contributed by atoms with Gasteiger partial charge in [0.25, 0.3) is 5.91 Å². The van der Waals surface area contributed by atoms with Crippen LogP contribution in [0, 0.1) is 11.8 Å². The number of likely N-dealkylation sites (N-methyl/N-ethyl adjacent to an activating group) is 1. The molecule has 48 heavy (non-hydrogen) atoms. The summed E-state index contributed by atoms with van der Waals surface area (Å²) in [5.41, 5.74) is 3.10. The number of primary amides is 1. The number of hydrogen-bond donors (Lipinski definition) is 5. The molecule has 0 unspecified atom stereocenters. The van der Waals surface area contributed by atoms with E-state index in [9.17, 15) is 44.4 Å². The second-order valence-corrected chi connectivity index (χ2v) is 12.3. The molecule has 1 aromatic heterocycles. The second kappa shape index (κ2) is 11.6. The van der Waals surface area contributed by atoms with E-state index in [1.54, 1.807) is 12.1 Å². The van der Waals surface area contributed by atoms with Crippen molar-refractivity contribution in [1.29, 1.82) is 0 Å². The van der Waals surface area contributed by atoms with Gasteiger partial charge in [-0.2, -0.15) is 0 Å². The molecule has 0 bridgehead atoms. The monoisotopic (exact) mass is 657 g/mol. The number of rotatable bonds is 7. The number of nitrogens with two attached hydrogens (primary N) is 1. The van der Waals surface area contributed by atoms with Crippen molar-refractivity contribution < 1.29 is 53.7 Å². The molecule has 14 heteroatoms. The van der Waals surface area contributed by atoms with Crippen molar-refractivity contribution in [3.05, 3.63) is 87.5 Å². The standard InChI is InChI=1S/C34H31N3O11/c1-37(2)27-20-13-16-12-19-18(15-8-14(9-17(11-15)33(45)47-3)10-22(39)23-6-7-36-48-23)4-5-21(38)25(19)28(40)24(16)30(42)34(20,46)31(43)26(29(27)41)32(35)44/h4-9,11,16,20,27,38,40,43,46H,10,12-13H2,1-3H3,(H2,35,44)/t16-,20-,27-,34-/m0/s1. The molecule has 2 aromatic carbocycles. The van der Waals surface area contributed by atoms with Gasteiger partial charge in [0.2, 0.25) is 17.3 Å². The molecule has 0 spiro atoms. The Balaban J connectivity index is 1.51. The fraction of sp³-hybridized carbons (Fsp3) is 0.294. The molecule has 6 rings (SSSR count). The van der Waals surface area contributed by atoms with Gasteiger partial charge < -0.3 is 35.4 Å². The Morgan fingerprint density at radius 1 is 1.10 bits per heavy atom. The second-order valence-electron chi connectivity index (χ2n) is 12.3. The van der Waals surface area contributed by atoms with Gasteiger partial charge in [-0.15, -0.1) is 0 Å². The largest absolute Gasteiger partial charge is 0.508 e. The third-order valence-corrected chi connectivity index (χ3v) is 9.41. The fourth-order valence-electron chi connectivity index (χ4n) is 7.33. The maximum absolute atomic E-state index is 14.1. The summed E-state index contributed by atoms with van der Waals surface area (Å²) in [4.78, 5) is 66.7. The van der Waals surface area contributed by atoms with Crippen molar-refractivity contribution >= 4 is 35.0 Å². The summed E-state index contributed by atoms with van der Waals surface area (Å²) in [6.45, 7) is 0. The predicted octanol–water partition coefficient (Wildman–Crippen LogP) is 1.83. The number of hydrogen-bond acceptors (Lipinski definition) is 13. The molecule has 6 N–H and O–H groups in total. The molecular formula is C34H31N3O11. The molecule has 248 valence electrons. The molecule has 0 radical (unpaired) electrons. The van der Waals surface area contributed by atoms with Crippen LogP contribution < -0.4 is 5.73 Å². The first-order valence-electron chi connectivity index (χ1n) is 14.9. The quantitative estimate of drug-likeness (QED) is 0.139. The van der Waals surface area contributed by atoms with Crippen molar-refractivity contribution in [3.63, 3.8) is 0 Å². The average molecular weight is 658 g/mol. The highest BCUT2D eigenvalue weighted by molar-refractivity contribution is 6.24. The van der Waals surface area contributed by atoms with Gasteiger partial charge in [0.15, 0.2) is 11.4 Å². The highest BCUT2D eigenvalue weighted by Gasteiger charge is 2.64. The summed E-state index contributed by atoms with van der Waals surface area (Å²) in [5, 5.41) is 49.0. The number of Topliss-reactive ketones (excluding diaryl/α,β-unsaturated/α-hetero) is 3. The van der Waals surface area contributed by atoms with Crippen molar-refractivity contribution in [1.82, 2.24) is 10.1 Å². The molecule has 4 atom stereocenters. The minimum atomic E-state index is -2.77. The Labute approximate surface area is 272 Å². The minimum Gasteiger partial charge on any atom is -0.508 e. The number of aromatic nitrogens is 1. The van der Waals surface area contributed by atoms with E-state index >= 15 is 0 Å². The van der Waals surface area contributed by atoms with E-state index in [0.717, 1.165) is 0 Å². The number of methoxy groups -OCH3 is 1. The van der Waals surface area contributed by atoms with E-state index in [4.69, 9.17) is 15.0 Å². The van der Waals surface area contributed by atoms with Crippen LogP contribution in [0.25, 0.3) is 16.9 Å². The van der Waals surface area contributed by atoms with Crippen LogP contribution in [0.1, 0.15) is 44.0 Å². The van der Waals surface area contributed by atoms with Crippen LogP contribution in [0.2, 0.25) is 0 Å². The number of benzene rings is 2. The number of phenols is 1. The van der Waals surface area contributed by atoms with Crippen LogP contribution in [-0.2, 0) is 32.0 Å². The molecule has 1 heterocycles. The van der Waals surface area contributed by atoms with Gasteiger partial charge in [0, 0.05) is 24.0 Å². The summed E-state index contributed by atoms with van der Waals surface area (Å²) >= 11 is 0. The zero-order valence-corrected chi connectivity index (χ0v) is 26.0. The fourth-order valence-corrected chi connectivity index (χ4v) is 7.33. The van der Waals surface area contributed by atoms with Crippen molar-refractivity contribution in [2.75, 3.05) is 21.2 Å². The number of carbonyl (C=O) groups excluding carboxylic acids is 5. The topological polar surface area (TPSA) is 231 Å². The minimum absolute atomic E-state index is 0.0209. The van der Waals surface area contributed by atoms with Crippen LogP contribution in [0.3, 0.4) is 0 Å². The predicted molar refractivity (Wildman–Crippen MR) is 166 cm³/mol. The molecule has 1 fully saturated rings. The molecule has 3 aliphatic carbocycles. The Morgan fingerprint density at radius 3 is 2.46 bits per heavy atom. The molecular weight excluding hydrogens is 626 g/mol. The number of aliphatic hydroxyl groups is 3. The van der Waals surface area contributed by atoms with Crippen molar-refractivity contribution in [2.45, 2.75) is 30.9 Å². The van der Waals surface area contributed by atoms with E-state index in [-0.39, 0.29) is 41.7 Å². The summed E-state index contributed by atoms with van der Waals surface area (Å²) in [7, 11) is 4.24. The third kappa shape index (κ3) is 4.79. The van der Waals surface area contributed by atoms with E-state index in [1.807, 2.05) is 0 Å². The Morgan fingerprint density at radius 2 is 1.83 bits per heavy atom. The van der Waals surface area contributed by atoms with Gasteiger partial charge in [-0.25, -0.2) is 4.79 Å². The highest BCUT2D eigenvalue weighted by Crippen LogP contribution is 2.53. The lowest BCUT2D eigenvalue weighted by Crippen LogP contribution is -2.65. The van der Waals surface area contributed by atoms with E-state index in [0.29, 0.717) is 22.3 Å².